The van der Waals surface area contributed by atoms with Crippen molar-refractivity contribution in [3.05, 3.63) is 0 Å². The van der Waals surface area contributed by atoms with Crippen molar-refractivity contribution in [2.24, 2.45) is 23.2 Å². The smallest absolute Gasteiger partial charge is 0.310 e. The number of hydrogen-bond acceptors (Lipinski definition) is 3. The maximum Gasteiger partial charge on any atom is 0.310 e. The van der Waals surface area contributed by atoms with Crippen molar-refractivity contribution < 1.29 is 14.3 Å². The molecule has 21 heavy (non-hydrogen) atoms. The number of carbonyl (C=O) groups is 1. The molecule has 0 aliphatic carbocycles. The molecule has 0 amide bonds. The fourth-order valence-electron chi connectivity index (χ4n) is 2.89. The third-order valence-electron chi connectivity index (χ3n) is 4.73. The Morgan fingerprint density at radius 2 is 1.81 bits per heavy atom. The van der Waals surface area contributed by atoms with Crippen LogP contribution >= 0.6 is 0 Å². The van der Waals surface area contributed by atoms with Crippen LogP contribution in [0.25, 0.3) is 0 Å². The lowest BCUT2D eigenvalue weighted by Crippen LogP contribution is -2.44. The van der Waals surface area contributed by atoms with E-state index in [1.807, 2.05) is 0 Å². The van der Waals surface area contributed by atoms with Gasteiger partial charge in [-0.1, -0.05) is 54.9 Å². The van der Waals surface area contributed by atoms with E-state index in [2.05, 4.69) is 48.5 Å². The molecule has 1 fully saturated rings. The summed E-state index contributed by atoms with van der Waals surface area (Å²) in [7, 11) is 0. The zero-order valence-corrected chi connectivity index (χ0v) is 15.0. The van der Waals surface area contributed by atoms with Crippen LogP contribution in [0.5, 0.6) is 0 Å². The first-order chi connectivity index (χ1) is 9.58. The van der Waals surface area contributed by atoms with Crippen LogP contribution in [0.4, 0.5) is 0 Å². The highest BCUT2D eigenvalue weighted by molar-refractivity contribution is 5.74. The Balaban J connectivity index is 2.80. The molecule has 0 saturated carbocycles. The van der Waals surface area contributed by atoms with Crippen molar-refractivity contribution in [3.63, 3.8) is 0 Å². The number of hydrogen-bond donors (Lipinski definition) is 0. The molecule has 0 aromatic heterocycles. The van der Waals surface area contributed by atoms with E-state index >= 15 is 0 Å². The summed E-state index contributed by atoms with van der Waals surface area (Å²) in [5, 5.41) is 0. The first kappa shape index (κ1) is 18.5. The molecule has 3 nitrogen and oxygen atoms in total. The fourth-order valence-corrected chi connectivity index (χ4v) is 2.89. The first-order valence-electron chi connectivity index (χ1n) is 8.39. The molecular formula is C18H34O3. The van der Waals surface area contributed by atoms with E-state index in [1.54, 1.807) is 0 Å². The predicted octanol–water partition coefficient (Wildman–Crippen LogP) is 4.44. The van der Waals surface area contributed by atoms with Gasteiger partial charge in [0.1, 0.15) is 5.60 Å². The molecule has 0 aromatic rings. The Kier molecular flexibility index (Phi) is 6.27. The van der Waals surface area contributed by atoms with Crippen molar-refractivity contribution in [3.8, 4) is 0 Å². The Morgan fingerprint density at radius 1 is 1.19 bits per heavy atom. The summed E-state index contributed by atoms with van der Waals surface area (Å²) in [6.07, 6.45) is 2.77. The minimum atomic E-state index is -0.418. The third kappa shape index (κ3) is 4.98. The molecule has 1 aliphatic rings. The molecule has 3 heteroatoms. The lowest BCUT2D eigenvalue weighted by atomic mass is 9.77. The van der Waals surface area contributed by atoms with E-state index in [0.29, 0.717) is 19.1 Å². The molecule has 0 spiro atoms. The lowest BCUT2D eigenvalue weighted by Gasteiger charge is -2.36. The molecule has 2 unspecified atom stereocenters. The molecule has 1 saturated heterocycles. The Labute approximate surface area is 130 Å². The molecule has 0 radical (unpaired) electrons. The van der Waals surface area contributed by atoms with Crippen molar-refractivity contribution >= 4 is 5.97 Å². The summed E-state index contributed by atoms with van der Waals surface area (Å²) in [4.78, 5) is 12.8. The van der Waals surface area contributed by atoms with Crippen LogP contribution in [-0.4, -0.2) is 24.8 Å². The van der Waals surface area contributed by atoms with Crippen LogP contribution in [-0.2, 0) is 14.3 Å². The number of carbonyl (C=O) groups excluding carboxylic acids is 1. The lowest BCUT2D eigenvalue weighted by molar-refractivity contribution is -0.174. The van der Waals surface area contributed by atoms with Gasteiger partial charge in [-0.25, -0.2) is 0 Å². The van der Waals surface area contributed by atoms with Gasteiger partial charge in [0, 0.05) is 6.42 Å². The van der Waals surface area contributed by atoms with Gasteiger partial charge in [-0.15, -0.1) is 0 Å². The summed E-state index contributed by atoms with van der Waals surface area (Å²) in [6.45, 7) is 16.3. The maximum atomic E-state index is 12.8. The number of rotatable bonds is 6. The normalized spacial score (nSPS) is 24.6. The van der Waals surface area contributed by atoms with Gasteiger partial charge in [0.05, 0.1) is 19.1 Å². The highest BCUT2D eigenvalue weighted by atomic mass is 16.6. The van der Waals surface area contributed by atoms with E-state index in [9.17, 15) is 4.79 Å². The SMILES string of the molecule is CC(C)CCC(C(=O)OC1(C(C)C)CCOC1)C(C)(C)C. The molecule has 0 aromatic carbocycles. The average Bonchev–Trinajstić information content (AvgIpc) is 2.76. The Hall–Kier alpha value is -0.570. The van der Waals surface area contributed by atoms with Gasteiger partial charge in [-0.2, -0.15) is 0 Å². The van der Waals surface area contributed by atoms with Crippen molar-refractivity contribution in [1.82, 2.24) is 0 Å². The second-order valence-electron chi connectivity index (χ2n) is 8.33. The van der Waals surface area contributed by atoms with Gasteiger partial charge in [-0.05, 0) is 23.7 Å². The molecule has 0 bridgehead atoms. The van der Waals surface area contributed by atoms with Crippen LogP contribution in [0.3, 0.4) is 0 Å². The quantitative estimate of drug-likeness (QED) is 0.680. The van der Waals surface area contributed by atoms with Gasteiger partial charge in [0.2, 0.25) is 0 Å². The minimum Gasteiger partial charge on any atom is -0.456 e. The second kappa shape index (κ2) is 7.13. The molecular weight excluding hydrogens is 264 g/mol. The zero-order valence-electron chi connectivity index (χ0n) is 15.0. The predicted molar refractivity (Wildman–Crippen MR) is 86.1 cm³/mol. The van der Waals surface area contributed by atoms with Crippen LogP contribution in [0.15, 0.2) is 0 Å². The molecule has 1 heterocycles. The molecule has 1 aliphatic heterocycles. The van der Waals surface area contributed by atoms with Gasteiger partial charge >= 0.3 is 5.97 Å². The van der Waals surface area contributed by atoms with Gasteiger partial charge in [0.15, 0.2) is 0 Å². The monoisotopic (exact) mass is 298 g/mol. The number of ether oxygens (including phenoxy) is 2. The summed E-state index contributed by atoms with van der Waals surface area (Å²) in [6, 6.07) is 0. The van der Waals surface area contributed by atoms with Gasteiger partial charge in [-0.3, -0.25) is 4.79 Å². The van der Waals surface area contributed by atoms with E-state index in [0.717, 1.165) is 19.3 Å². The van der Waals surface area contributed by atoms with Crippen LogP contribution < -0.4 is 0 Å². The topological polar surface area (TPSA) is 35.5 Å². The molecule has 2 atom stereocenters. The zero-order chi connectivity index (χ0) is 16.3. The fraction of sp³-hybridized carbons (Fsp3) is 0.944. The second-order valence-corrected chi connectivity index (χ2v) is 8.33. The maximum absolute atomic E-state index is 12.8. The van der Waals surface area contributed by atoms with E-state index < -0.39 is 5.60 Å². The summed E-state index contributed by atoms with van der Waals surface area (Å²) in [5.41, 5.74) is -0.484. The molecule has 1 rings (SSSR count). The Bertz CT molecular complexity index is 333. The first-order valence-corrected chi connectivity index (χ1v) is 8.39. The highest BCUT2D eigenvalue weighted by Crippen LogP contribution is 2.37. The van der Waals surface area contributed by atoms with Crippen molar-refractivity contribution in [2.75, 3.05) is 13.2 Å². The summed E-state index contributed by atoms with van der Waals surface area (Å²) < 4.78 is 11.5. The van der Waals surface area contributed by atoms with E-state index in [1.165, 1.54) is 0 Å². The van der Waals surface area contributed by atoms with Crippen LogP contribution in [0.1, 0.15) is 67.7 Å². The number of esters is 1. The van der Waals surface area contributed by atoms with Gasteiger partial charge < -0.3 is 9.47 Å². The highest BCUT2D eigenvalue weighted by Gasteiger charge is 2.44. The van der Waals surface area contributed by atoms with Gasteiger partial charge in [0.25, 0.3) is 0 Å². The van der Waals surface area contributed by atoms with Crippen molar-refractivity contribution in [1.29, 1.82) is 0 Å². The largest absolute Gasteiger partial charge is 0.456 e. The minimum absolute atomic E-state index is 0.0395. The third-order valence-corrected chi connectivity index (χ3v) is 4.73. The average molecular weight is 298 g/mol. The van der Waals surface area contributed by atoms with Crippen molar-refractivity contribution in [2.45, 2.75) is 73.3 Å². The van der Waals surface area contributed by atoms with E-state index in [-0.39, 0.29) is 23.2 Å². The van der Waals surface area contributed by atoms with E-state index in [4.69, 9.17) is 9.47 Å². The summed E-state index contributed by atoms with van der Waals surface area (Å²) in [5.74, 6) is 0.810. The summed E-state index contributed by atoms with van der Waals surface area (Å²) >= 11 is 0. The Morgan fingerprint density at radius 3 is 2.19 bits per heavy atom. The molecule has 0 N–H and O–H groups in total. The van der Waals surface area contributed by atoms with Crippen LogP contribution in [0, 0.1) is 23.2 Å². The molecule has 124 valence electrons. The van der Waals surface area contributed by atoms with Crippen LogP contribution in [0.2, 0.25) is 0 Å². The standard InChI is InChI=1S/C18H34O3/c1-13(2)8-9-15(17(5,6)7)16(19)21-18(14(3)4)10-11-20-12-18/h13-15H,8-12H2,1-7H3.